The van der Waals surface area contributed by atoms with E-state index in [9.17, 15) is 4.79 Å². The predicted molar refractivity (Wildman–Crippen MR) is 112 cm³/mol. The second-order valence-corrected chi connectivity index (χ2v) is 8.15. The summed E-state index contributed by atoms with van der Waals surface area (Å²) >= 11 is 3.04. The number of nitrogens with one attached hydrogen (secondary N) is 1. The van der Waals surface area contributed by atoms with E-state index in [1.54, 1.807) is 24.9 Å². The minimum absolute atomic E-state index is 0.376. The zero-order valence-electron chi connectivity index (χ0n) is 15.0. The lowest BCUT2D eigenvalue weighted by Crippen LogP contribution is -2.00. The Bertz CT molecular complexity index is 1140. The predicted octanol–water partition coefficient (Wildman–Crippen LogP) is 4.56. The van der Waals surface area contributed by atoms with E-state index >= 15 is 0 Å². The van der Waals surface area contributed by atoms with Gasteiger partial charge in [0.05, 0.1) is 7.11 Å². The molecule has 28 heavy (non-hydrogen) atoms. The van der Waals surface area contributed by atoms with Gasteiger partial charge in [0.1, 0.15) is 11.3 Å². The fourth-order valence-corrected chi connectivity index (χ4v) is 4.45. The molecule has 0 radical (unpaired) electrons. The Balaban J connectivity index is 1.45. The van der Waals surface area contributed by atoms with Gasteiger partial charge in [-0.3, -0.25) is 0 Å². The average Bonchev–Trinajstić information content (AvgIpc) is 3.18. The molecule has 0 fully saturated rings. The smallest absolute Gasteiger partial charge is 0.336 e. The van der Waals surface area contributed by atoms with Gasteiger partial charge in [-0.25, -0.2) is 4.79 Å². The maximum absolute atomic E-state index is 11.9. The highest BCUT2D eigenvalue weighted by Gasteiger charge is 2.10. The van der Waals surface area contributed by atoms with Crippen molar-refractivity contribution in [3.8, 4) is 5.75 Å². The van der Waals surface area contributed by atoms with Crippen LogP contribution in [0.1, 0.15) is 11.1 Å². The molecule has 0 unspecified atom stereocenters. The Kier molecular flexibility index (Phi) is 5.59. The first kappa shape index (κ1) is 18.5. The largest absolute Gasteiger partial charge is 0.497 e. The highest BCUT2D eigenvalue weighted by molar-refractivity contribution is 8.00. The number of aromatic nitrogens is 2. The number of nitrogens with zero attached hydrogens (tertiary/aromatic N) is 2. The second kappa shape index (κ2) is 8.45. The molecule has 4 rings (SSSR count). The summed E-state index contributed by atoms with van der Waals surface area (Å²) in [6.45, 7) is 0.701. The molecule has 0 aliphatic rings. The number of thioether (sulfide) groups is 1. The number of hydrogen-bond donors (Lipinski definition) is 1. The maximum atomic E-state index is 11.9. The first-order valence-corrected chi connectivity index (χ1v) is 10.4. The van der Waals surface area contributed by atoms with Crippen LogP contribution >= 0.6 is 23.1 Å². The minimum atomic E-state index is -0.376. The van der Waals surface area contributed by atoms with Crippen molar-refractivity contribution in [2.75, 3.05) is 12.4 Å². The van der Waals surface area contributed by atoms with Crippen LogP contribution in [0.3, 0.4) is 0 Å². The Labute approximate surface area is 169 Å². The van der Waals surface area contributed by atoms with Crippen LogP contribution in [0.2, 0.25) is 0 Å². The highest BCUT2D eigenvalue weighted by atomic mass is 32.2. The average molecular weight is 412 g/mol. The normalized spacial score (nSPS) is 10.9. The molecule has 0 saturated carbocycles. The fraction of sp³-hybridized carbons (Fsp3) is 0.150. The van der Waals surface area contributed by atoms with Gasteiger partial charge in [0.25, 0.3) is 0 Å². The second-order valence-electron chi connectivity index (χ2n) is 5.95. The highest BCUT2D eigenvalue weighted by Crippen LogP contribution is 2.31. The van der Waals surface area contributed by atoms with Crippen LogP contribution in [-0.2, 0) is 12.3 Å². The number of benzene rings is 2. The quantitative estimate of drug-likeness (QED) is 0.353. The van der Waals surface area contributed by atoms with Crippen LogP contribution in [0.5, 0.6) is 5.75 Å². The molecule has 0 saturated heterocycles. The lowest BCUT2D eigenvalue weighted by atomic mass is 10.1. The van der Waals surface area contributed by atoms with Gasteiger partial charge < -0.3 is 14.5 Å². The van der Waals surface area contributed by atoms with Gasteiger partial charge in [0.2, 0.25) is 5.13 Å². The Morgan fingerprint density at radius 1 is 1.14 bits per heavy atom. The molecule has 4 aromatic rings. The van der Waals surface area contributed by atoms with E-state index in [0.29, 0.717) is 23.6 Å². The molecule has 1 N–H and O–H groups in total. The number of methoxy groups -OCH3 is 1. The van der Waals surface area contributed by atoms with Crippen LogP contribution in [0.15, 0.2) is 68.1 Å². The van der Waals surface area contributed by atoms with E-state index in [0.717, 1.165) is 20.4 Å². The van der Waals surface area contributed by atoms with Crippen molar-refractivity contribution >= 4 is 39.2 Å². The van der Waals surface area contributed by atoms with Gasteiger partial charge in [-0.1, -0.05) is 53.4 Å². The monoisotopic (exact) mass is 411 g/mol. The summed E-state index contributed by atoms with van der Waals surface area (Å²) in [4.78, 5) is 11.9. The third kappa shape index (κ3) is 4.35. The lowest BCUT2D eigenvalue weighted by Gasteiger charge is -2.05. The van der Waals surface area contributed by atoms with Gasteiger partial charge in [-0.2, -0.15) is 0 Å². The summed E-state index contributed by atoms with van der Waals surface area (Å²) in [7, 11) is 1.58. The lowest BCUT2D eigenvalue weighted by molar-refractivity contribution is 0.414. The molecular formula is C20H17N3O3S2. The van der Waals surface area contributed by atoms with E-state index in [4.69, 9.17) is 9.15 Å². The molecule has 0 aliphatic carbocycles. The van der Waals surface area contributed by atoms with Gasteiger partial charge in [-0.05, 0) is 23.3 Å². The third-order valence-corrected chi connectivity index (χ3v) is 6.14. The van der Waals surface area contributed by atoms with Crippen LogP contribution in [0, 0.1) is 0 Å². The minimum Gasteiger partial charge on any atom is -0.497 e. The molecule has 2 heterocycles. The molecule has 8 heteroatoms. The van der Waals surface area contributed by atoms with Crippen molar-refractivity contribution < 1.29 is 9.15 Å². The molecule has 0 amide bonds. The summed E-state index contributed by atoms with van der Waals surface area (Å²) < 4.78 is 11.3. The summed E-state index contributed by atoms with van der Waals surface area (Å²) in [5.74, 6) is 1.25. The van der Waals surface area contributed by atoms with E-state index < -0.39 is 0 Å². The Morgan fingerprint density at radius 3 is 2.82 bits per heavy atom. The van der Waals surface area contributed by atoms with Crippen LogP contribution in [-0.4, -0.2) is 17.3 Å². The fourth-order valence-electron chi connectivity index (χ4n) is 2.71. The van der Waals surface area contributed by atoms with Gasteiger partial charge in [-0.15, -0.1) is 10.2 Å². The topological polar surface area (TPSA) is 77.3 Å². The van der Waals surface area contributed by atoms with Crippen molar-refractivity contribution in [3.05, 3.63) is 76.1 Å². The van der Waals surface area contributed by atoms with Crippen molar-refractivity contribution in [1.29, 1.82) is 0 Å². The van der Waals surface area contributed by atoms with Crippen LogP contribution in [0.4, 0.5) is 5.13 Å². The van der Waals surface area contributed by atoms with E-state index in [2.05, 4.69) is 27.6 Å². The molecule has 2 aromatic heterocycles. The first-order chi connectivity index (χ1) is 13.7. The maximum Gasteiger partial charge on any atom is 0.336 e. The van der Waals surface area contributed by atoms with E-state index in [-0.39, 0.29) is 5.63 Å². The molecule has 142 valence electrons. The summed E-state index contributed by atoms with van der Waals surface area (Å²) in [5.41, 5.74) is 2.22. The molecule has 0 aliphatic heterocycles. The number of rotatable bonds is 7. The standard InChI is InChI=1S/C20H17N3O3S2/c1-25-15-7-8-16-14(9-18(24)26-17(16)10-15)12-27-20-23-22-19(28-20)21-11-13-5-3-2-4-6-13/h2-10H,11-12H2,1H3,(H,21,22). The van der Waals surface area contributed by atoms with Gasteiger partial charge >= 0.3 is 5.63 Å². The number of ether oxygens (including phenoxy) is 1. The summed E-state index contributed by atoms with van der Waals surface area (Å²) in [6, 6.07) is 17.1. The molecular weight excluding hydrogens is 394 g/mol. The molecule has 2 aromatic carbocycles. The van der Waals surface area contributed by atoms with E-state index in [1.165, 1.54) is 23.0 Å². The number of hydrogen-bond acceptors (Lipinski definition) is 8. The first-order valence-electron chi connectivity index (χ1n) is 8.56. The Hall–Kier alpha value is -2.84. The summed E-state index contributed by atoms with van der Waals surface area (Å²) in [5, 5.41) is 13.4. The number of fused-ring (bicyclic) bond motifs is 1. The zero-order valence-corrected chi connectivity index (χ0v) is 16.7. The van der Waals surface area contributed by atoms with Crippen LogP contribution < -0.4 is 15.7 Å². The van der Waals surface area contributed by atoms with Crippen molar-refractivity contribution in [2.45, 2.75) is 16.6 Å². The van der Waals surface area contributed by atoms with Crippen molar-refractivity contribution in [1.82, 2.24) is 10.2 Å². The number of anilines is 1. The summed E-state index contributed by atoms with van der Waals surface area (Å²) in [6.07, 6.45) is 0. The SMILES string of the molecule is COc1ccc2c(CSc3nnc(NCc4ccccc4)s3)cc(=O)oc2c1. The van der Waals surface area contributed by atoms with Crippen molar-refractivity contribution in [3.63, 3.8) is 0 Å². The van der Waals surface area contributed by atoms with Crippen molar-refractivity contribution in [2.24, 2.45) is 0 Å². The van der Waals surface area contributed by atoms with Crippen LogP contribution in [0.25, 0.3) is 11.0 Å². The zero-order chi connectivity index (χ0) is 19.3. The third-order valence-electron chi connectivity index (χ3n) is 4.08. The molecule has 6 nitrogen and oxygen atoms in total. The van der Waals surface area contributed by atoms with Gasteiger partial charge in [0, 0.05) is 29.8 Å². The molecule has 0 atom stereocenters. The van der Waals surface area contributed by atoms with E-state index in [1.807, 2.05) is 30.3 Å². The molecule has 0 bridgehead atoms. The van der Waals surface area contributed by atoms with Gasteiger partial charge in [0.15, 0.2) is 4.34 Å². The molecule has 0 spiro atoms. The Morgan fingerprint density at radius 2 is 2.00 bits per heavy atom.